The van der Waals surface area contributed by atoms with Gasteiger partial charge in [-0.1, -0.05) is 60.7 Å². The van der Waals surface area contributed by atoms with Crippen molar-refractivity contribution in [1.82, 2.24) is 4.72 Å². The number of ether oxygens (including phenoxy) is 2. The Bertz CT molecular complexity index is 1470. The van der Waals surface area contributed by atoms with Crippen LogP contribution in [-0.4, -0.2) is 27.0 Å². The van der Waals surface area contributed by atoms with Crippen molar-refractivity contribution >= 4 is 21.6 Å². The minimum absolute atomic E-state index is 0.0641. The first-order valence-electron chi connectivity index (χ1n) is 12.7. The van der Waals surface area contributed by atoms with Crippen LogP contribution in [0, 0.1) is 6.92 Å². The van der Waals surface area contributed by atoms with Crippen LogP contribution >= 0.6 is 0 Å². The summed E-state index contributed by atoms with van der Waals surface area (Å²) in [6, 6.07) is 29.7. The van der Waals surface area contributed by atoms with Crippen LogP contribution in [0.5, 0.6) is 11.5 Å². The molecule has 4 aromatic rings. The van der Waals surface area contributed by atoms with Crippen molar-refractivity contribution in [2.45, 2.75) is 37.8 Å². The molecule has 2 N–H and O–H groups in total. The first kappa shape index (κ1) is 27.9. The molecule has 0 spiro atoms. The van der Waals surface area contributed by atoms with Crippen molar-refractivity contribution in [2.75, 3.05) is 11.9 Å². The van der Waals surface area contributed by atoms with Crippen LogP contribution in [0.25, 0.3) is 0 Å². The fourth-order valence-electron chi connectivity index (χ4n) is 4.00. The molecule has 0 saturated heterocycles. The van der Waals surface area contributed by atoms with E-state index in [4.69, 9.17) is 9.47 Å². The molecule has 0 aliphatic heterocycles. The Hall–Kier alpha value is -4.14. The van der Waals surface area contributed by atoms with Crippen molar-refractivity contribution in [3.63, 3.8) is 0 Å². The van der Waals surface area contributed by atoms with E-state index >= 15 is 0 Å². The number of carbonyl (C=O) groups is 1. The number of hydrogen-bond donors (Lipinski definition) is 2. The minimum Gasteiger partial charge on any atom is -0.494 e. The van der Waals surface area contributed by atoms with E-state index in [1.54, 1.807) is 43.3 Å². The molecule has 0 saturated carbocycles. The number of benzene rings is 4. The number of nitrogens with one attached hydrogen (secondary N) is 2. The molecule has 0 unspecified atom stereocenters. The van der Waals surface area contributed by atoms with E-state index in [1.807, 2.05) is 67.6 Å². The number of aryl methyl sites for hydroxylation is 1. The molecule has 1 atom stereocenters. The van der Waals surface area contributed by atoms with E-state index in [-0.39, 0.29) is 11.3 Å². The molecule has 0 fully saturated rings. The standard InChI is InChI=1S/C31H32N2O5S/c1-3-37-30-19-18-28(20-23(30)2)39(35,36)33-29(21-24-10-6-4-7-11-24)31(34)32-26-14-16-27(17-15-26)38-22-25-12-8-5-9-13-25/h4-20,29,33H,3,21-22H2,1-2H3,(H,32,34)/t29-/m1/s1. The Morgan fingerprint density at radius 3 is 2.08 bits per heavy atom. The van der Waals surface area contributed by atoms with Gasteiger partial charge in [-0.15, -0.1) is 0 Å². The SMILES string of the molecule is CCOc1ccc(S(=O)(=O)N[C@H](Cc2ccccc2)C(=O)Nc2ccc(OCc3ccccc3)cc2)cc1C. The van der Waals surface area contributed by atoms with E-state index in [2.05, 4.69) is 10.0 Å². The maximum atomic E-state index is 13.3. The third-order valence-electron chi connectivity index (χ3n) is 6.02. The van der Waals surface area contributed by atoms with Crippen LogP contribution in [0.4, 0.5) is 5.69 Å². The number of amides is 1. The first-order valence-corrected chi connectivity index (χ1v) is 14.2. The second-order valence-corrected chi connectivity index (χ2v) is 10.7. The average molecular weight is 545 g/mol. The highest BCUT2D eigenvalue weighted by Crippen LogP contribution is 2.23. The lowest BCUT2D eigenvalue weighted by Crippen LogP contribution is -2.45. The number of rotatable bonds is 12. The molecule has 39 heavy (non-hydrogen) atoms. The molecule has 8 heteroatoms. The molecule has 0 aliphatic carbocycles. The van der Waals surface area contributed by atoms with Gasteiger partial charge in [-0.05, 0) is 79.4 Å². The zero-order valence-corrected chi connectivity index (χ0v) is 22.8. The predicted molar refractivity (Wildman–Crippen MR) is 152 cm³/mol. The molecular weight excluding hydrogens is 512 g/mol. The molecule has 4 rings (SSSR count). The Labute approximate surface area is 229 Å². The topological polar surface area (TPSA) is 93.7 Å². The Balaban J connectivity index is 1.48. The lowest BCUT2D eigenvalue weighted by molar-refractivity contribution is -0.117. The van der Waals surface area contributed by atoms with Crippen molar-refractivity contribution in [3.05, 3.63) is 120 Å². The Kier molecular flexibility index (Phi) is 9.35. The van der Waals surface area contributed by atoms with Gasteiger partial charge in [0.1, 0.15) is 24.1 Å². The normalized spacial score (nSPS) is 11.9. The Morgan fingerprint density at radius 2 is 1.46 bits per heavy atom. The lowest BCUT2D eigenvalue weighted by Gasteiger charge is -2.19. The summed E-state index contributed by atoms with van der Waals surface area (Å²) in [5, 5.41) is 2.83. The van der Waals surface area contributed by atoms with Gasteiger partial charge in [-0.25, -0.2) is 8.42 Å². The van der Waals surface area contributed by atoms with Crippen LogP contribution < -0.4 is 19.5 Å². The fraction of sp³-hybridized carbons (Fsp3) is 0.194. The third kappa shape index (κ3) is 7.92. The minimum atomic E-state index is -4.00. The van der Waals surface area contributed by atoms with Crippen LogP contribution in [0.2, 0.25) is 0 Å². The predicted octanol–water partition coefficient (Wildman–Crippen LogP) is 5.50. The van der Waals surface area contributed by atoms with Crippen molar-refractivity contribution in [2.24, 2.45) is 0 Å². The zero-order chi connectivity index (χ0) is 27.7. The van der Waals surface area contributed by atoms with Gasteiger partial charge in [-0.2, -0.15) is 4.72 Å². The van der Waals surface area contributed by atoms with Crippen LogP contribution in [0.1, 0.15) is 23.6 Å². The summed E-state index contributed by atoms with van der Waals surface area (Å²) in [4.78, 5) is 13.4. The number of carbonyl (C=O) groups excluding carboxylic acids is 1. The third-order valence-corrected chi connectivity index (χ3v) is 7.49. The van der Waals surface area contributed by atoms with Gasteiger partial charge < -0.3 is 14.8 Å². The maximum Gasteiger partial charge on any atom is 0.242 e. The lowest BCUT2D eigenvalue weighted by atomic mass is 10.1. The average Bonchev–Trinajstić information content (AvgIpc) is 2.94. The monoisotopic (exact) mass is 544 g/mol. The summed E-state index contributed by atoms with van der Waals surface area (Å²) in [6.07, 6.45) is 0.181. The van der Waals surface area contributed by atoms with Crippen LogP contribution in [-0.2, 0) is 27.8 Å². The van der Waals surface area contributed by atoms with E-state index in [0.717, 1.165) is 11.1 Å². The number of sulfonamides is 1. The van der Waals surface area contributed by atoms with Crippen molar-refractivity contribution in [3.8, 4) is 11.5 Å². The summed E-state index contributed by atoms with van der Waals surface area (Å²) in [6.45, 7) is 4.55. The largest absolute Gasteiger partial charge is 0.494 e. The number of anilines is 1. The van der Waals surface area contributed by atoms with Gasteiger partial charge in [0.25, 0.3) is 0 Å². The molecule has 7 nitrogen and oxygen atoms in total. The first-order chi connectivity index (χ1) is 18.8. The molecule has 0 heterocycles. The van der Waals surface area contributed by atoms with E-state index in [9.17, 15) is 13.2 Å². The van der Waals surface area contributed by atoms with Crippen molar-refractivity contribution in [1.29, 1.82) is 0 Å². The molecule has 4 aromatic carbocycles. The molecule has 0 aliphatic rings. The maximum absolute atomic E-state index is 13.3. The quantitative estimate of drug-likeness (QED) is 0.246. The second kappa shape index (κ2) is 13.1. The smallest absolute Gasteiger partial charge is 0.242 e. The summed E-state index contributed by atoms with van der Waals surface area (Å²) in [5.41, 5.74) is 3.10. The molecule has 0 radical (unpaired) electrons. The summed E-state index contributed by atoms with van der Waals surface area (Å²) >= 11 is 0. The second-order valence-electron chi connectivity index (χ2n) is 9.01. The summed E-state index contributed by atoms with van der Waals surface area (Å²) in [5.74, 6) is 0.804. The highest BCUT2D eigenvalue weighted by molar-refractivity contribution is 7.89. The molecule has 0 bridgehead atoms. The highest BCUT2D eigenvalue weighted by atomic mass is 32.2. The summed E-state index contributed by atoms with van der Waals surface area (Å²) in [7, 11) is -4.00. The molecule has 202 valence electrons. The van der Waals surface area contributed by atoms with E-state index in [0.29, 0.717) is 36.0 Å². The molecule has 1 amide bonds. The van der Waals surface area contributed by atoms with Gasteiger partial charge >= 0.3 is 0 Å². The van der Waals surface area contributed by atoms with Gasteiger partial charge in [0.2, 0.25) is 15.9 Å². The van der Waals surface area contributed by atoms with E-state index < -0.39 is 22.0 Å². The van der Waals surface area contributed by atoms with Gasteiger partial charge in [0.15, 0.2) is 0 Å². The van der Waals surface area contributed by atoms with Crippen molar-refractivity contribution < 1.29 is 22.7 Å². The molecule has 0 aromatic heterocycles. The van der Waals surface area contributed by atoms with Crippen LogP contribution in [0.15, 0.2) is 108 Å². The van der Waals surface area contributed by atoms with Gasteiger partial charge in [0.05, 0.1) is 11.5 Å². The van der Waals surface area contributed by atoms with E-state index in [1.165, 1.54) is 6.07 Å². The zero-order valence-electron chi connectivity index (χ0n) is 22.0. The van der Waals surface area contributed by atoms with Crippen LogP contribution in [0.3, 0.4) is 0 Å². The molecular formula is C31H32N2O5S. The summed E-state index contributed by atoms with van der Waals surface area (Å²) < 4.78 is 40.5. The number of hydrogen-bond acceptors (Lipinski definition) is 5. The fourth-order valence-corrected chi connectivity index (χ4v) is 5.28. The highest BCUT2D eigenvalue weighted by Gasteiger charge is 2.27. The van der Waals surface area contributed by atoms with Gasteiger partial charge in [-0.3, -0.25) is 4.79 Å². The van der Waals surface area contributed by atoms with Gasteiger partial charge in [0, 0.05) is 5.69 Å². The Morgan fingerprint density at radius 1 is 0.821 bits per heavy atom.